The SMILES string of the molecule is O=C(/C=C/c1ccc(Cl)cc1Cl)O[C@H]1[C@H](O)C[C@](O)(C(=O)O)C[C@H]1OC(=O)/C=C/c1ccc(Cl)cc1Cl. The van der Waals surface area contributed by atoms with Gasteiger partial charge in [-0.3, -0.25) is 0 Å². The molecule has 0 heterocycles. The van der Waals surface area contributed by atoms with Crippen molar-refractivity contribution in [2.24, 2.45) is 0 Å². The lowest BCUT2D eigenvalue weighted by molar-refractivity contribution is -0.204. The highest BCUT2D eigenvalue weighted by Gasteiger charge is 2.52. The van der Waals surface area contributed by atoms with Crippen molar-refractivity contribution in [1.82, 2.24) is 0 Å². The quantitative estimate of drug-likeness (QED) is 0.309. The van der Waals surface area contributed by atoms with Gasteiger partial charge in [-0.05, 0) is 47.5 Å². The van der Waals surface area contributed by atoms with E-state index in [4.69, 9.17) is 55.9 Å². The van der Waals surface area contributed by atoms with E-state index in [1.54, 1.807) is 24.3 Å². The fourth-order valence-electron chi connectivity index (χ4n) is 3.63. The zero-order valence-corrected chi connectivity index (χ0v) is 21.8. The number of aliphatic hydroxyl groups excluding tert-OH is 1. The van der Waals surface area contributed by atoms with Gasteiger partial charge in [0.15, 0.2) is 11.7 Å². The Balaban J connectivity index is 1.77. The maximum absolute atomic E-state index is 12.5. The molecule has 3 rings (SSSR count). The molecule has 0 amide bonds. The number of aliphatic carboxylic acids is 1. The van der Waals surface area contributed by atoms with Gasteiger partial charge in [-0.1, -0.05) is 58.5 Å². The number of carboxylic acid groups (broad SMARTS) is 1. The van der Waals surface area contributed by atoms with Gasteiger partial charge in [0.25, 0.3) is 0 Å². The van der Waals surface area contributed by atoms with Crippen molar-refractivity contribution < 1.29 is 39.2 Å². The van der Waals surface area contributed by atoms with E-state index in [1.807, 2.05) is 0 Å². The Labute approximate surface area is 231 Å². The number of rotatable bonds is 7. The predicted octanol–water partition coefficient (Wildman–Crippen LogP) is 4.82. The summed E-state index contributed by atoms with van der Waals surface area (Å²) >= 11 is 23.8. The number of benzene rings is 2. The molecule has 0 radical (unpaired) electrons. The summed E-state index contributed by atoms with van der Waals surface area (Å²) in [4.78, 5) is 36.5. The van der Waals surface area contributed by atoms with E-state index in [0.717, 1.165) is 12.2 Å². The third-order valence-electron chi connectivity index (χ3n) is 5.47. The second-order valence-corrected chi connectivity index (χ2v) is 9.87. The molecule has 2 aromatic carbocycles. The zero-order valence-electron chi connectivity index (χ0n) is 18.8. The highest BCUT2D eigenvalue weighted by atomic mass is 35.5. The van der Waals surface area contributed by atoms with Gasteiger partial charge in [-0.25, -0.2) is 14.4 Å². The summed E-state index contributed by atoms with van der Waals surface area (Å²) in [6, 6.07) is 9.21. The van der Waals surface area contributed by atoms with Gasteiger partial charge in [0, 0.05) is 45.1 Å². The standard InChI is InChI=1S/C25H20Cl4O8/c26-15-5-1-13(17(28)9-15)3-7-21(31)36-20-12-25(35,24(33)34)11-19(30)23(20)37-22(32)8-4-14-2-6-16(27)10-18(14)29/h1-10,19-20,23,30,35H,11-12H2,(H,33,34)/b7-3+,8-4+/t19-,20-,23+,25-/m1/s1. The molecular formula is C25H20Cl4O8. The van der Waals surface area contributed by atoms with Crippen molar-refractivity contribution in [3.63, 3.8) is 0 Å². The normalized spacial score (nSPS) is 23.8. The highest BCUT2D eigenvalue weighted by Crippen LogP contribution is 2.33. The molecule has 3 N–H and O–H groups in total. The second-order valence-electron chi connectivity index (χ2n) is 8.19. The van der Waals surface area contributed by atoms with E-state index < -0.39 is 54.7 Å². The average Bonchev–Trinajstić information content (AvgIpc) is 2.80. The predicted molar refractivity (Wildman–Crippen MR) is 139 cm³/mol. The van der Waals surface area contributed by atoms with E-state index in [1.165, 1.54) is 24.3 Å². The Bertz CT molecular complexity index is 1260. The van der Waals surface area contributed by atoms with Gasteiger partial charge in [0.1, 0.15) is 6.10 Å². The first kappa shape index (κ1) is 29.0. The van der Waals surface area contributed by atoms with Gasteiger partial charge in [-0.2, -0.15) is 0 Å². The lowest BCUT2D eigenvalue weighted by atomic mass is 9.79. The Morgan fingerprint density at radius 1 is 0.838 bits per heavy atom. The van der Waals surface area contributed by atoms with Gasteiger partial charge in [0.2, 0.25) is 0 Å². The second kappa shape index (κ2) is 12.3. The van der Waals surface area contributed by atoms with Crippen LogP contribution in [0.5, 0.6) is 0 Å². The van der Waals surface area contributed by atoms with Crippen molar-refractivity contribution in [1.29, 1.82) is 0 Å². The maximum Gasteiger partial charge on any atom is 0.335 e. The first-order valence-corrected chi connectivity index (χ1v) is 12.2. The molecule has 0 spiro atoms. The molecule has 2 aromatic rings. The minimum absolute atomic E-state index is 0.268. The first-order valence-electron chi connectivity index (χ1n) is 10.7. The van der Waals surface area contributed by atoms with Crippen LogP contribution in [0.2, 0.25) is 20.1 Å². The number of hydrogen-bond acceptors (Lipinski definition) is 7. The molecule has 1 aliphatic carbocycles. The number of ether oxygens (including phenoxy) is 2. The first-order chi connectivity index (χ1) is 17.4. The lowest BCUT2D eigenvalue weighted by Gasteiger charge is -2.40. The summed E-state index contributed by atoms with van der Waals surface area (Å²) in [5.41, 5.74) is -1.51. The van der Waals surface area contributed by atoms with Crippen molar-refractivity contribution in [3.8, 4) is 0 Å². The third-order valence-corrected chi connectivity index (χ3v) is 6.60. The molecule has 37 heavy (non-hydrogen) atoms. The van der Waals surface area contributed by atoms with Gasteiger partial charge in [-0.15, -0.1) is 0 Å². The van der Waals surface area contributed by atoms with Crippen molar-refractivity contribution in [3.05, 3.63) is 79.8 Å². The van der Waals surface area contributed by atoms with Crippen LogP contribution in [0, 0.1) is 0 Å². The van der Waals surface area contributed by atoms with E-state index in [0.29, 0.717) is 21.2 Å². The molecule has 12 heteroatoms. The van der Waals surface area contributed by atoms with Gasteiger partial charge < -0.3 is 24.8 Å². The summed E-state index contributed by atoms with van der Waals surface area (Å²) in [5, 5.41) is 31.7. The molecule has 196 valence electrons. The monoisotopic (exact) mass is 588 g/mol. The van der Waals surface area contributed by atoms with Crippen LogP contribution >= 0.6 is 46.4 Å². The van der Waals surface area contributed by atoms with Crippen molar-refractivity contribution in [2.45, 2.75) is 36.8 Å². The number of carbonyl (C=O) groups excluding carboxylic acids is 2. The molecule has 8 nitrogen and oxygen atoms in total. The van der Waals surface area contributed by atoms with Crippen LogP contribution in [0.4, 0.5) is 0 Å². The van der Waals surface area contributed by atoms with Crippen LogP contribution in [0.3, 0.4) is 0 Å². The fraction of sp³-hybridized carbons (Fsp3) is 0.240. The van der Waals surface area contributed by atoms with Crippen LogP contribution in [-0.2, 0) is 23.9 Å². The van der Waals surface area contributed by atoms with E-state index in [9.17, 15) is 29.7 Å². The molecule has 1 fully saturated rings. The lowest BCUT2D eigenvalue weighted by Crippen LogP contribution is -2.58. The van der Waals surface area contributed by atoms with E-state index in [2.05, 4.69) is 0 Å². The summed E-state index contributed by atoms with van der Waals surface area (Å²) in [5.74, 6) is -3.51. The molecule has 0 unspecified atom stereocenters. The third kappa shape index (κ3) is 7.70. The smallest absolute Gasteiger partial charge is 0.335 e. The molecule has 1 aliphatic rings. The Morgan fingerprint density at radius 3 is 1.78 bits per heavy atom. The Hall–Kier alpha value is -2.59. The average molecular weight is 590 g/mol. The highest BCUT2D eigenvalue weighted by molar-refractivity contribution is 6.36. The molecular weight excluding hydrogens is 570 g/mol. The summed E-state index contributed by atoms with van der Waals surface area (Å²) in [7, 11) is 0. The molecule has 4 atom stereocenters. The molecule has 0 aliphatic heterocycles. The maximum atomic E-state index is 12.5. The summed E-state index contributed by atoms with van der Waals surface area (Å²) < 4.78 is 10.6. The number of aliphatic hydroxyl groups is 2. The van der Waals surface area contributed by atoms with E-state index >= 15 is 0 Å². The van der Waals surface area contributed by atoms with Gasteiger partial charge >= 0.3 is 17.9 Å². The molecule has 0 bridgehead atoms. The Morgan fingerprint density at radius 2 is 1.32 bits per heavy atom. The van der Waals surface area contributed by atoms with E-state index in [-0.39, 0.29) is 10.0 Å². The molecule has 0 aromatic heterocycles. The fourth-order valence-corrected chi connectivity index (χ4v) is 4.57. The molecule has 1 saturated carbocycles. The summed E-state index contributed by atoms with van der Waals surface area (Å²) in [6.45, 7) is 0. The van der Waals surface area contributed by atoms with Gasteiger partial charge in [0.05, 0.1) is 6.10 Å². The minimum atomic E-state index is -2.41. The van der Waals surface area contributed by atoms with Crippen molar-refractivity contribution >= 4 is 76.5 Å². The van der Waals surface area contributed by atoms with Crippen LogP contribution in [-0.4, -0.2) is 57.1 Å². The number of esters is 2. The zero-order chi connectivity index (χ0) is 27.3. The van der Waals surface area contributed by atoms with Crippen molar-refractivity contribution in [2.75, 3.05) is 0 Å². The summed E-state index contributed by atoms with van der Waals surface area (Å²) in [6.07, 6.45) is -1.17. The number of hydrogen-bond donors (Lipinski definition) is 3. The topological polar surface area (TPSA) is 130 Å². The number of carboxylic acids is 1. The van der Waals surface area contributed by atoms with Crippen LogP contribution < -0.4 is 0 Å². The van der Waals surface area contributed by atoms with Crippen LogP contribution in [0.15, 0.2) is 48.6 Å². The van der Waals surface area contributed by atoms with Crippen LogP contribution in [0.1, 0.15) is 24.0 Å². The largest absolute Gasteiger partial charge is 0.479 e. The minimum Gasteiger partial charge on any atom is -0.479 e. The van der Waals surface area contributed by atoms with Crippen LogP contribution in [0.25, 0.3) is 12.2 Å². The number of halogens is 4. The Kier molecular flexibility index (Phi) is 9.63. The number of carbonyl (C=O) groups is 3. The molecule has 0 saturated heterocycles.